The average molecular weight is 158 g/mol. The summed E-state index contributed by atoms with van der Waals surface area (Å²) >= 11 is 5.48. The Morgan fingerprint density at radius 2 is 2.10 bits per heavy atom. The Morgan fingerprint density at radius 3 is 2.60 bits per heavy atom. The molecule has 1 aromatic rings. The molecule has 0 unspecified atom stereocenters. The fourth-order valence-corrected chi connectivity index (χ4v) is 0.538. The van der Waals surface area contributed by atoms with Gasteiger partial charge in [0, 0.05) is 12.4 Å². The molecule has 1 aromatic heterocycles. The van der Waals surface area contributed by atoms with Crippen LogP contribution in [0.5, 0.6) is 0 Å². The van der Waals surface area contributed by atoms with Crippen LogP contribution in [0.1, 0.15) is 5.82 Å². The highest BCUT2D eigenvalue weighted by Gasteiger charge is 1.89. The van der Waals surface area contributed by atoms with Gasteiger partial charge < -0.3 is 5.21 Å². The summed E-state index contributed by atoms with van der Waals surface area (Å²) in [6.07, 6.45) is 3.97. The van der Waals surface area contributed by atoms with Crippen molar-refractivity contribution in [3.8, 4) is 0 Å². The Bertz CT molecular complexity index is 233. The Hall–Kier alpha value is -1.16. The van der Waals surface area contributed by atoms with Gasteiger partial charge in [-0.3, -0.25) is 0 Å². The maximum absolute atomic E-state index is 8.05. The first-order valence-corrected chi connectivity index (χ1v) is 2.85. The van der Waals surface area contributed by atoms with Crippen molar-refractivity contribution in [2.24, 2.45) is 5.16 Å². The van der Waals surface area contributed by atoms with E-state index in [0.717, 1.165) is 6.21 Å². The molecule has 1 rings (SSSR count). The molecule has 10 heavy (non-hydrogen) atoms. The predicted octanol–water partition coefficient (Wildman–Crippen LogP) is 0.938. The van der Waals surface area contributed by atoms with E-state index in [1.807, 2.05) is 0 Å². The topological polar surface area (TPSA) is 58.4 Å². The number of hydrogen-bond acceptors (Lipinski definition) is 4. The van der Waals surface area contributed by atoms with Crippen LogP contribution in [0.3, 0.4) is 0 Å². The van der Waals surface area contributed by atoms with E-state index < -0.39 is 0 Å². The summed E-state index contributed by atoms with van der Waals surface area (Å²) in [5.74, 6) is 0.326. The minimum Gasteiger partial charge on any atom is -0.411 e. The smallest absolute Gasteiger partial charge is 0.173 e. The van der Waals surface area contributed by atoms with Crippen molar-refractivity contribution in [1.29, 1.82) is 0 Å². The molecule has 0 aromatic carbocycles. The Balaban J connectivity index is 2.89. The molecule has 5 heteroatoms. The summed E-state index contributed by atoms with van der Waals surface area (Å²) in [7, 11) is 0. The summed E-state index contributed by atoms with van der Waals surface area (Å²) in [6, 6.07) is 0. The molecule has 0 bridgehead atoms. The van der Waals surface area contributed by atoms with Crippen LogP contribution in [0.25, 0.3) is 0 Å². The lowest BCUT2D eigenvalue weighted by molar-refractivity contribution is 0.321. The lowest BCUT2D eigenvalue weighted by atomic mass is 10.6. The van der Waals surface area contributed by atoms with Crippen molar-refractivity contribution < 1.29 is 5.21 Å². The fraction of sp³-hybridized carbons (Fsp3) is 0. The number of hydrogen-bond donors (Lipinski definition) is 1. The monoisotopic (exact) mass is 157 g/mol. The minimum absolute atomic E-state index is 0.326. The van der Waals surface area contributed by atoms with Gasteiger partial charge in [-0.1, -0.05) is 16.8 Å². The maximum atomic E-state index is 8.05. The lowest BCUT2D eigenvalue weighted by Gasteiger charge is -1.87. The van der Waals surface area contributed by atoms with E-state index in [1.54, 1.807) is 0 Å². The largest absolute Gasteiger partial charge is 0.411 e. The van der Waals surface area contributed by atoms with E-state index in [2.05, 4.69) is 15.1 Å². The molecule has 1 heterocycles. The molecule has 4 nitrogen and oxygen atoms in total. The van der Waals surface area contributed by atoms with Crippen LogP contribution in [0, 0.1) is 0 Å². The molecule has 0 radical (unpaired) electrons. The van der Waals surface area contributed by atoms with E-state index >= 15 is 0 Å². The standard InChI is InChI=1S/C5H4ClN3O/c6-4-1-7-5(3-9-10)8-2-4/h1-3,10H. The van der Waals surface area contributed by atoms with Gasteiger partial charge in [-0.15, -0.1) is 0 Å². The molecule has 0 spiro atoms. The van der Waals surface area contributed by atoms with Gasteiger partial charge >= 0.3 is 0 Å². The normalized spacial score (nSPS) is 10.5. The molecule has 1 N–H and O–H groups in total. The highest BCUT2D eigenvalue weighted by atomic mass is 35.5. The van der Waals surface area contributed by atoms with Crippen LogP contribution in [0.15, 0.2) is 17.5 Å². The van der Waals surface area contributed by atoms with Crippen molar-refractivity contribution in [2.75, 3.05) is 0 Å². The molecule has 0 saturated carbocycles. The number of rotatable bonds is 1. The van der Waals surface area contributed by atoms with E-state index in [9.17, 15) is 0 Å². The van der Waals surface area contributed by atoms with Gasteiger partial charge in [0.15, 0.2) is 5.82 Å². The van der Waals surface area contributed by atoms with E-state index in [0.29, 0.717) is 10.8 Å². The van der Waals surface area contributed by atoms with E-state index in [4.69, 9.17) is 16.8 Å². The zero-order valence-electron chi connectivity index (χ0n) is 4.90. The van der Waals surface area contributed by atoms with Crippen molar-refractivity contribution >= 4 is 17.8 Å². The number of nitrogens with zero attached hydrogens (tertiary/aromatic N) is 3. The van der Waals surface area contributed by atoms with Gasteiger partial charge in [-0.25, -0.2) is 9.97 Å². The molecule has 0 saturated heterocycles. The number of halogens is 1. The van der Waals surface area contributed by atoms with Crippen LogP contribution in [0.4, 0.5) is 0 Å². The third-order valence-electron chi connectivity index (χ3n) is 0.814. The number of aromatic nitrogens is 2. The zero-order chi connectivity index (χ0) is 7.40. The van der Waals surface area contributed by atoms with Crippen LogP contribution in [0.2, 0.25) is 5.02 Å². The second-order valence-corrected chi connectivity index (χ2v) is 1.94. The SMILES string of the molecule is ON=Cc1ncc(Cl)cn1. The summed E-state index contributed by atoms with van der Waals surface area (Å²) in [6.45, 7) is 0. The van der Waals surface area contributed by atoms with Crippen LogP contribution in [-0.4, -0.2) is 21.4 Å². The van der Waals surface area contributed by atoms with Crippen LogP contribution in [-0.2, 0) is 0 Å². The maximum Gasteiger partial charge on any atom is 0.173 e. The van der Waals surface area contributed by atoms with Gasteiger partial charge in [0.25, 0.3) is 0 Å². The van der Waals surface area contributed by atoms with Gasteiger partial charge in [0.05, 0.1) is 5.02 Å². The van der Waals surface area contributed by atoms with Gasteiger partial charge in [-0.2, -0.15) is 0 Å². The summed E-state index contributed by atoms with van der Waals surface area (Å²) in [4.78, 5) is 7.43. The first-order chi connectivity index (χ1) is 4.83. The highest BCUT2D eigenvalue weighted by Crippen LogP contribution is 2.01. The Kier molecular flexibility index (Phi) is 2.17. The van der Waals surface area contributed by atoms with Crippen molar-refractivity contribution in [3.63, 3.8) is 0 Å². The van der Waals surface area contributed by atoms with Crippen LogP contribution < -0.4 is 0 Å². The molecule has 0 fully saturated rings. The molecular formula is C5H4ClN3O. The van der Waals surface area contributed by atoms with Crippen LogP contribution >= 0.6 is 11.6 Å². The molecule has 0 atom stereocenters. The third-order valence-corrected chi connectivity index (χ3v) is 1.01. The molecule has 52 valence electrons. The lowest BCUT2D eigenvalue weighted by Crippen LogP contribution is -1.90. The summed E-state index contributed by atoms with van der Waals surface area (Å²) in [5, 5.41) is 11.2. The molecular weight excluding hydrogens is 154 g/mol. The molecule has 0 aliphatic carbocycles. The van der Waals surface area contributed by atoms with E-state index in [1.165, 1.54) is 12.4 Å². The Labute approximate surface area is 62.2 Å². The quantitative estimate of drug-likeness (QED) is 0.375. The Morgan fingerprint density at radius 1 is 1.50 bits per heavy atom. The van der Waals surface area contributed by atoms with Gasteiger partial charge in [0.1, 0.15) is 6.21 Å². The average Bonchev–Trinajstić information content (AvgIpc) is 1.95. The molecule has 0 aliphatic rings. The first kappa shape index (κ1) is 6.95. The fourth-order valence-electron chi connectivity index (χ4n) is 0.441. The van der Waals surface area contributed by atoms with E-state index in [-0.39, 0.29) is 0 Å². The van der Waals surface area contributed by atoms with Gasteiger partial charge in [0.2, 0.25) is 0 Å². The predicted molar refractivity (Wildman–Crippen MR) is 36.4 cm³/mol. The summed E-state index contributed by atoms with van der Waals surface area (Å²) < 4.78 is 0. The molecule has 0 aliphatic heterocycles. The van der Waals surface area contributed by atoms with Crippen molar-refractivity contribution in [1.82, 2.24) is 9.97 Å². The van der Waals surface area contributed by atoms with Gasteiger partial charge in [-0.05, 0) is 0 Å². The van der Waals surface area contributed by atoms with Crippen molar-refractivity contribution in [3.05, 3.63) is 23.2 Å². The second-order valence-electron chi connectivity index (χ2n) is 1.50. The number of oxime groups is 1. The highest BCUT2D eigenvalue weighted by molar-refractivity contribution is 6.30. The third kappa shape index (κ3) is 1.66. The van der Waals surface area contributed by atoms with Crippen molar-refractivity contribution in [2.45, 2.75) is 0 Å². The minimum atomic E-state index is 0.326. The molecule has 0 amide bonds. The zero-order valence-corrected chi connectivity index (χ0v) is 5.65. The summed E-state index contributed by atoms with van der Waals surface area (Å²) in [5.41, 5.74) is 0. The first-order valence-electron chi connectivity index (χ1n) is 2.48. The second kappa shape index (κ2) is 3.12.